The van der Waals surface area contributed by atoms with Gasteiger partial charge < -0.3 is 9.64 Å². The molecule has 0 saturated carbocycles. The molecule has 26 heavy (non-hydrogen) atoms. The van der Waals surface area contributed by atoms with Crippen molar-refractivity contribution >= 4 is 29.1 Å². The van der Waals surface area contributed by atoms with Gasteiger partial charge in [0, 0.05) is 48.3 Å². The number of nitrogens with zero attached hydrogens (tertiary/aromatic N) is 2. The van der Waals surface area contributed by atoms with Crippen LogP contribution in [0.5, 0.6) is 5.75 Å². The van der Waals surface area contributed by atoms with E-state index in [9.17, 15) is 4.79 Å². The van der Waals surface area contributed by atoms with Gasteiger partial charge in [0.25, 0.3) is 5.91 Å². The van der Waals surface area contributed by atoms with E-state index in [1.54, 1.807) is 19.2 Å². The lowest BCUT2D eigenvalue weighted by Crippen LogP contribution is -2.49. The second kappa shape index (κ2) is 8.76. The first kappa shape index (κ1) is 19.0. The molecule has 0 unspecified atom stereocenters. The Morgan fingerprint density at radius 2 is 1.85 bits per heavy atom. The van der Waals surface area contributed by atoms with Gasteiger partial charge in [0.1, 0.15) is 5.75 Å². The van der Waals surface area contributed by atoms with Crippen LogP contribution in [0.2, 0.25) is 10.0 Å². The van der Waals surface area contributed by atoms with Gasteiger partial charge >= 0.3 is 0 Å². The second-order valence-electron chi connectivity index (χ2n) is 6.35. The van der Waals surface area contributed by atoms with Gasteiger partial charge in [-0.25, -0.2) is 0 Å². The molecule has 2 aromatic rings. The summed E-state index contributed by atoms with van der Waals surface area (Å²) >= 11 is 12.2. The summed E-state index contributed by atoms with van der Waals surface area (Å²) in [5.41, 5.74) is 1.77. The standard InChI is InChI=1S/C20H22Cl2N2O2/c1-26-18-4-2-3-16(13-18)20(25)24-11-9-23(10-12-24)8-7-15-5-6-17(21)14-19(15)22/h2-6,13-14H,7-12H2,1H3. The summed E-state index contributed by atoms with van der Waals surface area (Å²) in [7, 11) is 1.61. The van der Waals surface area contributed by atoms with Crippen LogP contribution in [-0.4, -0.2) is 55.5 Å². The van der Waals surface area contributed by atoms with E-state index in [-0.39, 0.29) is 5.91 Å². The fourth-order valence-electron chi connectivity index (χ4n) is 3.12. The summed E-state index contributed by atoms with van der Waals surface area (Å²) in [6, 6.07) is 12.9. The van der Waals surface area contributed by atoms with Crippen molar-refractivity contribution in [1.82, 2.24) is 9.80 Å². The summed E-state index contributed by atoms with van der Waals surface area (Å²) in [6.07, 6.45) is 0.875. The van der Waals surface area contributed by atoms with E-state index in [4.69, 9.17) is 27.9 Å². The number of methoxy groups -OCH3 is 1. The van der Waals surface area contributed by atoms with Gasteiger partial charge in [-0.3, -0.25) is 9.69 Å². The van der Waals surface area contributed by atoms with E-state index in [0.29, 0.717) is 21.4 Å². The predicted octanol–water partition coefficient (Wildman–Crippen LogP) is 4.00. The lowest BCUT2D eigenvalue weighted by atomic mass is 10.1. The molecule has 1 heterocycles. The monoisotopic (exact) mass is 392 g/mol. The molecule has 6 heteroatoms. The van der Waals surface area contributed by atoms with Crippen LogP contribution >= 0.6 is 23.2 Å². The van der Waals surface area contributed by atoms with Gasteiger partial charge in [0.15, 0.2) is 0 Å². The molecule has 0 bridgehead atoms. The molecule has 1 saturated heterocycles. The van der Waals surface area contributed by atoms with Gasteiger partial charge in [-0.05, 0) is 42.3 Å². The van der Waals surface area contributed by atoms with Crippen molar-refractivity contribution in [2.75, 3.05) is 39.8 Å². The smallest absolute Gasteiger partial charge is 0.254 e. The quantitative estimate of drug-likeness (QED) is 0.770. The van der Waals surface area contributed by atoms with E-state index in [0.717, 1.165) is 44.7 Å². The molecule has 2 aromatic carbocycles. The molecule has 0 aromatic heterocycles. The normalized spacial score (nSPS) is 15.1. The number of carbonyl (C=O) groups is 1. The molecule has 138 valence electrons. The van der Waals surface area contributed by atoms with Crippen LogP contribution in [0.4, 0.5) is 0 Å². The molecule has 0 N–H and O–H groups in total. The topological polar surface area (TPSA) is 32.8 Å². The molecule has 1 aliphatic heterocycles. The van der Waals surface area contributed by atoms with Gasteiger partial charge in [0.2, 0.25) is 0 Å². The van der Waals surface area contributed by atoms with Crippen molar-refractivity contribution in [1.29, 1.82) is 0 Å². The Kier molecular flexibility index (Phi) is 6.41. The van der Waals surface area contributed by atoms with Crippen LogP contribution < -0.4 is 4.74 Å². The van der Waals surface area contributed by atoms with Crippen molar-refractivity contribution in [3.05, 3.63) is 63.6 Å². The number of ether oxygens (including phenoxy) is 1. The third-order valence-electron chi connectivity index (χ3n) is 4.69. The van der Waals surface area contributed by atoms with E-state index in [1.165, 1.54) is 0 Å². The van der Waals surface area contributed by atoms with E-state index < -0.39 is 0 Å². The summed E-state index contributed by atoms with van der Waals surface area (Å²) in [6.45, 7) is 4.10. The molecule has 1 aliphatic rings. The molecule has 0 radical (unpaired) electrons. The molecule has 1 amide bonds. The highest BCUT2D eigenvalue weighted by atomic mass is 35.5. The number of halogens is 2. The van der Waals surface area contributed by atoms with Crippen LogP contribution in [0, 0.1) is 0 Å². The minimum atomic E-state index is 0.0595. The van der Waals surface area contributed by atoms with Crippen molar-refractivity contribution in [3.63, 3.8) is 0 Å². The van der Waals surface area contributed by atoms with Crippen molar-refractivity contribution in [3.8, 4) is 5.75 Å². The third kappa shape index (κ3) is 4.70. The van der Waals surface area contributed by atoms with Crippen molar-refractivity contribution in [2.24, 2.45) is 0 Å². The minimum Gasteiger partial charge on any atom is -0.497 e. The molecule has 0 spiro atoms. The van der Waals surface area contributed by atoms with Gasteiger partial charge in [-0.2, -0.15) is 0 Å². The van der Waals surface area contributed by atoms with E-state index >= 15 is 0 Å². The Morgan fingerprint density at radius 3 is 2.54 bits per heavy atom. The Bertz CT molecular complexity index is 774. The molecule has 4 nitrogen and oxygen atoms in total. The van der Waals surface area contributed by atoms with Crippen LogP contribution in [0.15, 0.2) is 42.5 Å². The summed E-state index contributed by atoms with van der Waals surface area (Å²) in [5.74, 6) is 0.763. The molecule has 1 fully saturated rings. The predicted molar refractivity (Wildman–Crippen MR) is 106 cm³/mol. The molecular formula is C20H22Cl2N2O2. The largest absolute Gasteiger partial charge is 0.497 e. The Labute approximate surface area is 164 Å². The second-order valence-corrected chi connectivity index (χ2v) is 7.20. The lowest BCUT2D eigenvalue weighted by Gasteiger charge is -2.34. The SMILES string of the molecule is COc1cccc(C(=O)N2CCN(CCc3ccc(Cl)cc3Cl)CC2)c1. The minimum absolute atomic E-state index is 0.0595. The van der Waals surface area contributed by atoms with Crippen LogP contribution in [0.3, 0.4) is 0 Å². The zero-order chi connectivity index (χ0) is 18.5. The Morgan fingerprint density at radius 1 is 1.08 bits per heavy atom. The van der Waals surface area contributed by atoms with E-state index in [1.807, 2.05) is 35.2 Å². The number of hydrogen-bond acceptors (Lipinski definition) is 3. The average Bonchev–Trinajstić information content (AvgIpc) is 2.67. The Balaban J connectivity index is 1.51. The van der Waals surface area contributed by atoms with Gasteiger partial charge in [0.05, 0.1) is 7.11 Å². The highest BCUT2D eigenvalue weighted by molar-refractivity contribution is 6.35. The fourth-order valence-corrected chi connectivity index (χ4v) is 3.62. The first-order valence-electron chi connectivity index (χ1n) is 8.66. The maximum absolute atomic E-state index is 12.7. The highest BCUT2D eigenvalue weighted by Crippen LogP contribution is 2.22. The molecule has 0 aliphatic carbocycles. The number of rotatable bonds is 5. The summed E-state index contributed by atoms with van der Waals surface area (Å²) in [4.78, 5) is 16.9. The molecule has 3 rings (SSSR count). The molecule has 0 atom stereocenters. The lowest BCUT2D eigenvalue weighted by molar-refractivity contribution is 0.0638. The third-order valence-corrected chi connectivity index (χ3v) is 5.28. The number of hydrogen-bond donors (Lipinski definition) is 0. The van der Waals surface area contributed by atoms with Gasteiger partial charge in [-0.1, -0.05) is 35.3 Å². The number of piperazine rings is 1. The molecular weight excluding hydrogens is 371 g/mol. The zero-order valence-corrected chi connectivity index (χ0v) is 16.3. The highest BCUT2D eigenvalue weighted by Gasteiger charge is 2.22. The average molecular weight is 393 g/mol. The number of carbonyl (C=O) groups excluding carboxylic acids is 1. The van der Waals surface area contributed by atoms with Crippen molar-refractivity contribution < 1.29 is 9.53 Å². The van der Waals surface area contributed by atoms with Crippen LogP contribution in [0.25, 0.3) is 0 Å². The van der Waals surface area contributed by atoms with E-state index in [2.05, 4.69) is 4.90 Å². The fraction of sp³-hybridized carbons (Fsp3) is 0.350. The Hall–Kier alpha value is -1.75. The maximum Gasteiger partial charge on any atom is 0.254 e. The first-order valence-corrected chi connectivity index (χ1v) is 9.42. The van der Waals surface area contributed by atoms with Crippen molar-refractivity contribution in [2.45, 2.75) is 6.42 Å². The van der Waals surface area contributed by atoms with Crippen LogP contribution in [0.1, 0.15) is 15.9 Å². The zero-order valence-electron chi connectivity index (χ0n) is 14.8. The summed E-state index contributed by atoms with van der Waals surface area (Å²) in [5, 5.41) is 1.37. The maximum atomic E-state index is 12.7. The summed E-state index contributed by atoms with van der Waals surface area (Å²) < 4.78 is 5.20. The number of amides is 1. The van der Waals surface area contributed by atoms with Crippen LogP contribution in [-0.2, 0) is 6.42 Å². The van der Waals surface area contributed by atoms with Gasteiger partial charge in [-0.15, -0.1) is 0 Å². The first-order chi connectivity index (χ1) is 12.6. The number of benzene rings is 2.